The molecule has 0 nitrogen and oxygen atoms in total. The predicted octanol–water partition coefficient (Wildman–Crippen LogP) is 9.15. The monoisotopic (exact) mass is 450 g/mol. The highest BCUT2D eigenvalue weighted by atomic mass is 32.3. The molecule has 0 heterocycles. The van der Waals surface area contributed by atoms with E-state index in [0.717, 1.165) is 12.2 Å². The fourth-order valence-electron chi connectivity index (χ4n) is 4.86. The van der Waals surface area contributed by atoms with Gasteiger partial charge < -0.3 is 0 Å². The molecule has 3 aromatic rings. The van der Waals surface area contributed by atoms with Gasteiger partial charge in [0.25, 0.3) is 0 Å². The molecule has 0 radical (unpaired) electrons. The maximum atomic E-state index is 2.42. The SMILES string of the molecule is C/C=C\C=C/CS(c1ccccc1)(c1ccc(C)cc1C)c1ccc2c(c1C)C=CC=CC2. The van der Waals surface area contributed by atoms with Crippen molar-refractivity contribution in [2.75, 3.05) is 5.75 Å². The Morgan fingerprint density at radius 1 is 0.848 bits per heavy atom. The minimum absolute atomic E-state index is 0.979. The van der Waals surface area contributed by atoms with E-state index in [1.807, 2.05) is 0 Å². The van der Waals surface area contributed by atoms with Crippen LogP contribution in [0.2, 0.25) is 0 Å². The van der Waals surface area contributed by atoms with Crippen LogP contribution >= 0.6 is 10.0 Å². The quantitative estimate of drug-likeness (QED) is 0.328. The fraction of sp³-hybridized carbons (Fsp3) is 0.188. The standard InChI is InChI=1S/C32H34S/c1-5-6-7-14-23-33(29-16-11-9-12-17-29,31-21-19-25(2)24-26(31)3)32-22-20-28-15-10-8-13-18-30(28)27(32)4/h5-14,16-22,24H,15,23H2,1-4H3/b6-5-,14-7-. The largest absolute Gasteiger partial charge is 0.156 e. The first-order chi connectivity index (χ1) is 16.1. The molecule has 0 N–H and O–H groups in total. The number of hydrogen-bond acceptors (Lipinski definition) is 0. The van der Waals surface area contributed by atoms with Gasteiger partial charge in [-0.15, -0.1) is 0 Å². The van der Waals surface area contributed by atoms with Crippen LogP contribution in [0.1, 0.15) is 34.7 Å². The van der Waals surface area contributed by atoms with Gasteiger partial charge >= 0.3 is 0 Å². The predicted molar refractivity (Wildman–Crippen MR) is 147 cm³/mol. The van der Waals surface area contributed by atoms with Crippen LogP contribution in [0.3, 0.4) is 0 Å². The molecule has 1 unspecified atom stereocenters. The van der Waals surface area contributed by atoms with E-state index in [4.69, 9.17) is 0 Å². The van der Waals surface area contributed by atoms with Crippen LogP contribution in [-0.4, -0.2) is 5.75 Å². The fourth-order valence-corrected chi connectivity index (χ4v) is 9.02. The first kappa shape index (κ1) is 23.1. The van der Waals surface area contributed by atoms with Crippen molar-refractivity contribution in [3.8, 4) is 0 Å². The van der Waals surface area contributed by atoms with Crippen molar-refractivity contribution in [3.05, 3.63) is 131 Å². The summed E-state index contributed by atoms with van der Waals surface area (Å²) in [5.41, 5.74) is 6.89. The summed E-state index contributed by atoms with van der Waals surface area (Å²) >= 11 is 0. The third-order valence-corrected chi connectivity index (χ3v) is 10.6. The van der Waals surface area contributed by atoms with Crippen LogP contribution in [0.5, 0.6) is 0 Å². The van der Waals surface area contributed by atoms with E-state index in [-0.39, 0.29) is 0 Å². The molecule has 0 amide bonds. The highest BCUT2D eigenvalue weighted by molar-refractivity contribution is 8.34. The Labute approximate surface area is 201 Å². The van der Waals surface area contributed by atoms with Crippen LogP contribution in [0.15, 0.2) is 118 Å². The second-order valence-electron chi connectivity index (χ2n) is 8.69. The van der Waals surface area contributed by atoms with E-state index in [2.05, 4.69) is 137 Å². The highest BCUT2D eigenvalue weighted by Crippen LogP contribution is 2.70. The van der Waals surface area contributed by atoms with Crippen molar-refractivity contribution in [2.45, 2.75) is 48.8 Å². The summed E-state index contributed by atoms with van der Waals surface area (Å²) < 4.78 is 0. The lowest BCUT2D eigenvalue weighted by Gasteiger charge is -2.43. The zero-order valence-corrected chi connectivity index (χ0v) is 21.0. The zero-order chi connectivity index (χ0) is 23.3. The molecule has 1 aliphatic rings. The lowest BCUT2D eigenvalue weighted by Crippen LogP contribution is -2.11. The van der Waals surface area contributed by atoms with Gasteiger partial charge in [-0.25, -0.2) is 0 Å². The molecule has 0 saturated heterocycles. The van der Waals surface area contributed by atoms with Crippen molar-refractivity contribution in [2.24, 2.45) is 0 Å². The summed E-state index contributed by atoms with van der Waals surface area (Å²) in [5.74, 6) is 0.979. The molecule has 0 aromatic heterocycles. The molecule has 1 atom stereocenters. The summed E-state index contributed by atoms with van der Waals surface area (Å²) in [6.45, 7) is 8.87. The van der Waals surface area contributed by atoms with Gasteiger partial charge in [0, 0.05) is 15.5 Å². The van der Waals surface area contributed by atoms with Crippen molar-refractivity contribution < 1.29 is 0 Å². The van der Waals surface area contributed by atoms with Gasteiger partial charge in [0.15, 0.2) is 0 Å². The number of benzene rings is 3. The molecule has 3 aromatic carbocycles. The molecule has 0 saturated carbocycles. The topological polar surface area (TPSA) is 0 Å². The second kappa shape index (κ2) is 10.3. The van der Waals surface area contributed by atoms with E-state index in [1.165, 1.54) is 42.5 Å². The zero-order valence-electron chi connectivity index (χ0n) is 20.2. The lowest BCUT2D eigenvalue weighted by atomic mass is 10.0. The Morgan fingerprint density at radius 3 is 2.39 bits per heavy atom. The van der Waals surface area contributed by atoms with E-state index in [0.29, 0.717) is 0 Å². The summed E-state index contributed by atoms with van der Waals surface area (Å²) in [4.78, 5) is 4.35. The Hall–Kier alpha value is -3.03. The maximum absolute atomic E-state index is 2.42. The van der Waals surface area contributed by atoms with E-state index >= 15 is 0 Å². The molecule has 0 bridgehead atoms. The van der Waals surface area contributed by atoms with Crippen LogP contribution in [0.4, 0.5) is 0 Å². The van der Waals surface area contributed by atoms with Gasteiger partial charge in [-0.2, -0.15) is 10.0 Å². The van der Waals surface area contributed by atoms with Crippen molar-refractivity contribution in [1.29, 1.82) is 0 Å². The molecular formula is C32H34S. The lowest BCUT2D eigenvalue weighted by molar-refractivity contribution is 1.15. The minimum atomic E-state index is -1.51. The number of fused-ring (bicyclic) bond motifs is 1. The van der Waals surface area contributed by atoms with Gasteiger partial charge in [-0.1, -0.05) is 90.6 Å². The molecular weight excluding hydrogens is 416 g/mol. The van der Waals surface area contributed by atoms with E-state index in [1.54, 1.807) is 0 Å². The average Bonchev–Trinajstić information content (AvgIpc) is 3.07. The Morgan fingerprint density at radius 2 is 1.64 bits per heavy atom. The van der Waals surface area contributed by atoms with Crippen molar-refractivity contribution in [1.82, 2.24) is 0 Å². The summed E-state index contributed by atoms with van der Waals surface area (Å²) in [6.07, 6.45) is 18.7. The molecule has 0 spiro atoms. The molecule has 168 valence electrons. The maximum Gasteiger partial charge on any atom is 0.00760 e. The van der Waals surface area contributed by atoms with Crippen LogP contribution in [0, 0.1) is 20.8 Å². The second-order valence-corrected chi connectivity index (χ2v) is 11.9. The molecule has 1 heteroatoms. The smallest absolute Gasteiger partial charge is 0.00760 e. The van der Waals surface area contributed by atoms with Gasteiger partial charge in [-0.3, -0.25) is 0 Å². The highest BCUT2D eigenvalue weighted by Gasteiger charge is 2.33. The number of rotatable bonds is 6. The van der Waals surface area contributed by atoms with Crippen molar-refractivity contribution >= 4 is 16.1 Å². The van der Waals surface area contributed by atoms with E-state index < -0.39 is 10.0 Å². The third kappa shape index (κ3) is 4.56. The minimum Gasteiger partial charge on any atom is -0.156 e. The number of allylic oxidation sites excluding steroid dienone is 6. The molecule has 1 aliphatic carbocycles. The Kier molecular flexibility index (Phi) is 7.20. The van der Waals surface area contributed by atoms with Gasteiger partial charge in [0.2, 0.25) is 0 Å². The third-order valence-electron chi connectivity index (χ3n) is 6.42. The normalized spacial score (nSPS) is 16.0. The van der Waals surface area contributed by atoms with Crippen LogP contribution < -0.4 is 0 Å². The van der Waals surface area contributed by atoms with Crippen LogP contribution in [0.25, 0.3) is 6.08 Å². The first-order valence-corrected chi connectivity index (χ1v) is 13.5. The van der Waals surface area contributed by atoms with Crippen LogP contribution in [-0.2, 0) is 6.42 Å². The van der Waals surface area contributed by atoms with Gasteiger partial charge in [0.05, 0.1) is 0 Å². The molecule has 4 rings (SSSR count). The summed E-state index contributed by atoms with van der Waals surface area (Å²) in [5, 5.41) is 0. The van der Waals surface area contributed by atoms with Gasteiger partial charge in [-0.05, 0) is 85.5 Å². The van der Waals surface area contributed by atoms with E-state index in [9.17, 15) is 0 Å². The van der Waals surface area contributed by atoms with Gasteiger partial charge in [0.1, 0.15) is 0 Å². The summed E-state index contributed by atoms with van der Waals surface area (Å²) in [6, 6.07) is 23.0. The van der Waals surface area contributed by atoms with Crippen molar-refractivity contribution in [3.63, 3.8) is 0 Å². The molecule has 0 fully saturated rings. The summed E-state index contributed by atoms with van der Waals surface area (Å²) in [7, 11) is -1.51. The first-order valence-electron chi connectivity index (χ1n) is 11.7. The molecule has 0 aliphatic heterocycles. The molecule has 33 heavy (non-hydrogen) atoms. The number of hydrogen-bond donors (Lipinski definition) is 0. The Bertz CT molecular complexity index is 1240. The average molecular weight is 451 g/mol. The number of aryl methyl sites for hydroxylation is 2. The Balaban J connectivity index is 2.07.